The van der Waals surface area contributed by atoms with E-state index in [4.69, 9.17) is 0 Å². The molecule has 0 radical (unpaired) electrons. The maximum atomic E-state index is 10.7. The number of hydrogen-bond donors (Lipinski definition) is 1. The zero-order valence-electron chi connectivity index (χ0n) is 11.5. The number of hydrogen-bond acceptors (Lipinski definition) is 3. The molecule has 1 aromatic carbocycles. The molecule has 2 atom stereocenters. The Bertz CT molecular complexity index is 554. The quantitative estimate of drug-likeness (QED) is 0.855. The molecule has 3 nitrogen and oxygen atoms in total. The monoisotopic (exact) mass is 334 g/mol. The van der Waals surface area contributed by atoms with E-state index < -0.39 is 5.60 Å². The van der Waals surface area contributed by atoms with Crippen LogP contribution < -0.4 is 4.90 Å². The lowest BCUT2D eigenvalue weighted by Gasteiger charge is -2.48. The Morgan fingerprint density at radius 2 is 2.20 bits per heavy atom. The van der Waals surface area contributed by atoms with Crippen LogP contribution in [0.2, 0.25) is 0 Å². The van der Waals surface area contributed by atoms with Crippen molar-refractivity contribution in [3.05, 3.63) is 28.2 Å². The minimum absolute atomic E-state index is 0.343. The molecule has 3 rings (SSSR count). The van der Waals surface area contributed by atoms with E-state index in [9.17, 15) is 10.4 Å². The molecule has 0 spiro atoms. The van der Waals surface area contributed by atoms with Gasteiger partial charge in [0.15, 0.2) is 0 Å². The summed E-state index contributed by atoms with van der Waals surface area (Å²) in [6.45, 7) is 1.69. The number of anilines is 1. The molecule has 1 saturated carbocycles. The largest absolute Gasteiger partial charge is 0.389 e. The number of nitrogens with zero attached hydrogens (tertiary/aromatic N) is 2. The van der Waals surface area contributed by atoms with E-state index in [0.29, 0.717) is 5.92 Å². The molecule has 20 heavy (non-hydrogen) atoms. The SMILES string of the molecule is N#Cc1ccc(Br)cc1N1CCC2(O)CCCCC2C1. The molecule has 1 N–H and O–H groups in total. The van der Waals surface area contributed by atoms with Gasteiger partial charge in [-0.15, -0.1) is 0 Å². The molecule has 1 saturated heterocycles. The second-order valence-corrected chi connectivity index (χ2v) is 6.93. The van der Waals surface area contributed by atoms with Gasteiger partial charge < -0.3 is 10.0 Å². The second kappa shape index (κ2) is 5.38. The first kappa shape index (κ1) is 13.9. The molecular weight excluding hydrogens is 316 g/mol. The number of fused-ring (bicyclic) bond motifs is 1. The van der Waals surface area contributed by atoms with Crippen molar-refractivity contribution in [2.45, 2.75) is 37.7 Å². The molecule has 0 aromatic heterocycles. The first-order valence-corrected chi connectivity index (χ1v) is 8.09. The van der Waals surface area contributed by atoms with Crippen molar-refractivity contribution in [1.29, 1.82) is 5.26 Å². The lowest BCUT2D eigenvalue weighted by molar-refractivity contribution is -0.0612. The van der Waals surface area contributed by atoms with Gasteiger partial charge in [-0.05, 0) is 37.5 Å². The molecule has 2 fully saturated rings. The van der Waals surface area contributed by atoms with Crippen LogP contribution in [0.4, 0.5) is 5.69 Å². The van der Waals surface area contributed by atoms with Crippen molar-refractivity contribution in [1.82, 2.24) is 0 Å². The molecule has 106 valence electrons. The molecule has 1 heterocycles. The van der Waals surface area contributed by atoms with Crippen molar-refractivity contribution in [3.63, 3.8) is 0 Å². The van der Waals surface area contributed by atoms with Crippen molar-refractivity contribution in [2.75, 3.05) is 18.0 Å². The fraction of sp³-hybridized carbons (Fsp3) is 0.562. The summed E-state index contributed by atoms with van der Waals surface area (Å²) in [4.78, 5) is 2.27. The van der Waals surface area contributed by atoms with Gasteiger partial charge >= 0.3 is 0 Å². The van der Waals surface area contributed by atoms with Crippen LogP contribution in [0.5, 0.6) is 0 Å². The smallest absolute Gasteiger partial charge is 0.101 e. The Labute approximate surface area is 128 Å². The Morgan fingerprint density at radius 3 is 3.00 bits per heavy atom. The highest BCUT2D eigenvalue weighted by molar-refractivity contribution is 9.10. The van der Waals surface area contributed by atoms with Gasteiger partial charge in [0.25, 0.3) is 0 Å². The third-order valence-corrected chi connectivity index (χ3v) is 5.34. The first-order valence-electron chi connectivity index (χ1n) is 7.29. The number of halogens is 1. The summed E-state index contributed by atoms with van der Waals surface area (Å²) in [6, 6.07) is 8.06. The van der Waals surface area contributed by atoms with Gasteiger partial charge in [0.05, 0.1) is 16.9 Å². The van der Waals surface area contributed by atoms with Crippen LogP contribution in [-0.4, -0.2) is 23.8 Å². The summed E-state index contributed by atoms with van der Waals surface area (Å²) < 4.78 is 0.996. The number of rotatable bonds is 1. The third kappa shape index (κ3) is 2.45. The van der Waals surface area contributed by atoms with Crippen LogP contribution in [0.3, 0.4) is 0 Å². The molecule has 1 aromatic rings. The molecule has 2 unspecified atom stereocenters. The van der Waals surface area contributed by atoms with Crippen LogP contribution in [-0.2, 0) is 0 Å². The minimum Gasteiger partial charge on any atom is -0.389 e. The molecule has 0 bridgehead atoms. The second-order valence-electron chi connectivity index (χ2n) is 6.02. The van der Waals surface area contributed by atoms with E-state index in [1.807, 2.05) is 18.2 Å². The van der Waals surface area contributed by atoms with Crippen LogP contribution in [0.1, 0.15) is 37.7 Å². The maximum absolute atomic E-state index is 10.7. The summed E-state index contributed by atoms with van der Waals surface area (Å²) in [6.07, 6.45) is 5.21. The molecule has 1 aliphatic heterocycles. The highest BCUT2D eigenvalue weighted by atomic mass is 79.9. The highest BCUT2D eigenvalue weighted by Gasteiger charge is 2.43. The van der Waals surface area contributed by atoms with Gasteiger partial charge in [-0.25, -0.2) is 0 Å². The average Bonchev–Trinajstić information content (AvgIpc) is 2.46. The lowest BCUT2D eigenvalue weighted by Crippen LogP contribution is -2.53. The summed E-state index contributed by atoms with van der Waals surface area (Å²) in [5.41, 5.74) is 1.25. The molecule has 0 amide bonds. The summed E-state index contributed by atoms with van der Waals surface area (Å²) in [5.74, 6) is 0.343. The topological polar surface area (TPSA) is 47.3 Å². The van der Waals surface area contributed by atoms with Gasteiger partial charge in [0.2, 0.25) is 0 Å². The fourth-order valence-corrected chi connectivity index (χ4v) is 4.00. The molecule has 4 heteroatoms. The molecule has 2 aliphatic rings. The van der Waals surface area contributed by atoms with E-state index in [-0.39, 0.29) is 0 Å². The molecule has 1 aliphatic carbocycles. The minimum atomic E-state index is -0.465. The van der Waals surface area contributed by atoms with Crippen molar-refractivity contribution < 1.29 is 5.11 Å². The van der Waals surface area contributed by atoms with Crippen LogP contribution in [0.25, 0.3) is 0 Å². The predicted octanol–water partition coefficient (Wildman–Crippen LogP) is 3.45. The van der Waals surface area contributed by atoms with Gasteiger partial charge in [0.1, 0.15) is 6.07 Å². The summed E-state index contributed by atoms with van der Waals surface area (Å²) >= 11 is 3.49. The zero-order chi connectivity index (χ0) is 14.2. The van der Waals surface area contributed by atoms with E-state index in [0.717, 1.165) is 54.5 Å². The van der Waals surface area contributed by atoms with E-state index in [2.05, 4.69) is 26.9 Å². The normalized spacial score (nSPS) is 29.6. The standard InChI is InChI=1S/C16H19BrN2O/c17-14-5-4-12(10-18)15(9-14)19-8-7-16(20)6-2-1-3-13(16)11-19/h4-5,9,13,20H,1-3,6-8,11H2. The average molecular weight is 335 g/mol. The van der Waals surface area contributed by atoms with Crippen molar-refractivity contribution >= 4 is 21.6 Å². The lowest BCUT2D eigenvalue weighted by atomic mass is 9.71. The number of piperidine rings is 1. The number of aliphatic hydroxyl groups is 1. The van der Waals surface area contributed by atoms with Crippen molar-refractivity contribution in [2.24, 2.45) is 5.92 Å². The van der Waals surface area contributed by atoms with Gasteiger partial charge in [-0.1, -0.05) is 28.8 Å². The number of benzene rings is 1. The summed E-state index contributed by atoms with van der Waals surface area (Å²) in [7, 11) is 0. The first-order chi connectivity index (χ1) is 9.62. The van der Waals surface area contributed by atoms with Gasteiger partial charge in [0, 0.05) is 23.5 Å². The fourth-order valence-electron chi connectivity index (χ4n) is 3.65. The van der Waals surface area contributed by atoms with Crippen LogP contribution in [0, 0.1) is 17.2 Å². The Hall–Kier alpha value is -1.05. The van der Waals surface area contributed by atoms with E-state index in [1.54, 1.807) is 0 Å². The Kier molecular flexibility index (Phi) is 3.74. The van der Waals surface area contributed by atoms with Crippen LogP contribution in [0.15, 0.2) is 22.7 Å². The van der Waals surface area contributed by atoms with Crippen molar-refractivity contribution in [3.8, 4) is 6.07 Å². The number of nitriles is 1. The third-order valence-electron chi connectivity index (χ3n) is 4.85. The summed E-state index contributed by atoms with van der Waals surface area (Å²) in [5, 5.41) is 20.0. The highest BCUT2D eigenvalue weighted by Crippen LogP contribution is 2.41. The molecular formula is C16H19BrN2O. The zero-order valence-corrected chi connectivity index (χ0v) is 13.1. The Morgan fingerprint density at radius 1 is 1.35 bits per heavy atom. The maximum Gasteiger partial charge on any atom is 0.101 e. The van der Waals surface area contributed by atoms with E-state index in [1.165, 1.54) is 6.42 Å². The Balaban J connectivity index is 1.86. The predicted molar refractivity (Wildman–Crippen MR) is 82.6 cm³/mol. The van der Waals surface area contributed by atoms with Gasteiger partial charge in [-0.3, -0.25) is 0 Å². The van der Waals surface area contributed by atoms with E-state index >= 15 is 0 Å². The van der Waals surface area contributed by atoms with Gasteiger partial charge in [-0.2, -0.15) is 5.26 Å². The van der Waals surface area contributed by atoms with Crippen LogP contribution >= 0.6 is 15.9 Å².